The van der Waals surface area contributed by atoms with E-state index in [1.807, 2.05) is 0 Å². The average Bonchev–Trinajstić information content (AvgIpc) is 2.56. The van der Waals surface area contributed by atoms with Crippen LogP contribution < -0.4 is 14.2 Å². The number of alkyl halides is 2. The lowest BCUT2D eigenvalue weighted by molar-refractivity contribution is -0.384. The Morgan fingerprint density at radius 2 is 1.84 bits per heavy atom. The SMILES string of the molecule is COc1ccc([N+](=O)[O-])cc1OC(=O)Cc1ccc(OC(F)F)cc1. The number of benzene rings is 2. The quantitative estimate of drug-likeness (QED) is 0.328. The van der Waals surface area contributed by atoms with Gasteiger partial charge in [-0.05, 0) is 23.8 Å². The molecule has 0 aliphatic carbocycles. The van der Waals surface area contributed by atoms with Crippen molar-refractivity contribution in [2.24, 2.45) is 0 Å². The Morgan fingerprint density at radius 3 is 2.40 bits per heavy atom. The number of non-ortho nitro benzene ring substituents is 1. The zero-order valence-corrected chi connectivity index (χ0v) is 13.0. The van der Waals surface area contributed by atoms with E-state index in [0.29, 0.717) is 5.56 Å². The van der Waals surface area contributed by atoms with Crippen LogP contribution in [0.1, 0.15) is 5.56 Å². The van der Waals surface area contributed by atoms with Gasteiger partial charge in [-0.1, -0.05) is 12.1 Å². The Hall–Kier alpha value is -3.23. The van der Waals surface area contributed by atoms with Gasteiger partial charge in [0.2, 0.25) is 0 Å². The van der Waals surface area contributed by atoms with Crippen molar-refractivity contribution in [2.45, 2.75) is 13.0 Å². The van der Waals surface area contributed by atoms with Crippen LogP contribution in [0, 0.1) is 10.1 Å². The van der Waals surface area contributed by atoms with Crippen LogP contribution in [0.2, 0.25) is 0 Å². The number of nitro groups is 1. The molecule has 0 aliphatic rings. The first-order valence-corrected chi connectivity index (χ1v) is 6.96. The molecule has 0 saturated carbocycles. The fourth-order valence-corrected chi connectivity index (χ4v) is 1.97. The smallest absolute Gasteiger partial charge is 0.387 e. The molecule has 2 rings (SSSR count). The monoisotopic (exact) mass is 353 g/mol. The molecule has 2 aromatic carbocycles. The molecule has 0 bridgehead atoms. The minimum atomic E-state index is -2.93. The third kappa shape index (κ3) is 5.13. The number of hydrogen-bond acceptors (Lipinski definition) is 6. The van der Waals surface area contributed by atoms with Crippen molar-refractivity contribution in [1.29, 1.82) is 0 Å². The largest absolute Gasteiger partial charge is 0.493 e. The van der Waals surface area contributed by atoms with Crippen molar-refractivity contribution in [2.75, 3.05) is 7.11 Å². The molecule has 0 unspecified atom stereocenters. The maximum absolute atomic E-state index is 12.1. The van der Waals surface area contributed by atoms with Gasteiger partial charge in [0.1, 0.15) is 5.75 Å². The van der Waals surface area contributed by atoms with Crippen LogP contribution in [0.3, 0.4) is 0 Å². The van der Waals surface area contributed by atoms with Gasteiger partial charge in [-0.15, -0.1) is 0 Å². The highest BCUT2D eigenvalue weighted by atomic mass is 19.3. The fourth-order valence-electron chi connectivity index (χ4n) is 1.97. The lowest BCUT2D eigenvalue weighted by atomic mass is 10.1. The summed E-state index contributed by atoms with van der Waals surface area (Å²) in [7, 11) is 1.33. The number of carbonyl (C=O) groups excluding carboxylic acids is 1. The maximum atomic E-state index is 12.1. The molecule has 9 heteroatoms. The standard InChI is InChI=1S/C16H13F2NO6/c1-23-13-7-4-11(19(21)22)9-14(13)25-15(20)8-10-2-5-12(6-3-10)24-16(17)18/h2-7,9,16H,8H2,1H3. The first kappa shape index (κ1) is 18.1. The molecule has 7 nitrogen and oxygen atoms in total. The third-order valence-electron chi connectivity index (χ3n) is 3.08. The maximum Gasteiger partial charge on any atom is 0.387 e. The summed E-state index contributed by atoms with van der Waals surface area (Å²) in [5.41, 5.74) is 0.244. The molecule has 0 aliphatic heterocycles. The average molecular weight is 353 g/mol. The van der Waals surface area contributed by atoms with Crippen LogP contribution >= 0.6 is 0 Å². The molecule has 0 atom stereocenters. The summed E-state index contributed by atoms with van der Waals surface area (Å²) in [6.07, 6.45) is -0.166. The second-order valence-electron chi connectivity index (χ2n) is 4.77. The molecule has 0 spiro atoms. The zero-order valence-electron chi connectivity index (χ0n) is 13.0. The molecule has 0 N–H and O–H groups in total. The van der Waals surface area contributed by atoms with Gasteiger partial charge in [-0.25, -0.2) is 0 Å². The second-order valence-corrected chi connectivity index (χ2v) is 4.77. The predicted octanol–water partition coefficient (Wildman–Crippen LogP) is 3.35. The Kier molecular flexibility index (Phi) is 5.83. The highest BCUT2D eigenvalue weighted by Gasteiger charge is 2.16. The van der Waals surface area contributed by atoms with Gasteiger partial charge in [0.15, 0.2) is 11.5 Å². The van der Waals surface area contributed by atoms with E-state index in [2.05, 4.69) is 4.74 Å². The normalized spacial score (nSPS) is 10.4. The number of nitrogens with zero attached hydrogens (tertiary/aromatic N) is 1. The van der Waals surface area contributed by atoms with Crippen molar-refractivity contribution >= 4 is 11.7 Å². The molecule has 0 heterocycles. The van der Waals surface area contributed by atoms with Gasteiger partial charge >= 0.3 is 12.6 Å². The Balaban J connectivity index is 2.07. The summed E-state index contributed by atoms with van der Waals surface area (Å²) in [6.45, 7) is -2.93. The molecule has 0 radical (unpaired) electrons. The van der Waals surface area contributed by atoms with E-state index >= 15 is 0 Å². The zero-order chi connectivity index (χ0) is 18.4. The number of carbonyl (C=O) groups is 1. The first-order chi connectivity index (χ1) is 11.9. The summed E-state index contributed by atoms with van der Waals surface area (Å²) in [5, 5.41) is 10.8. The number of hydrogen-bond donors (Lipinski definition) is 0. The summed E-state index contributed by atoms with van der Waals surface area (Å²) in [5.74, 6) is -0.646. The molecular weight excluding hydrogens is 340 g/mol. The minimum Gasteiger partial charge on any atom is -0.493 e. The summed E-state index contributed by atoms with van der Waals surface area (Å²) in [6, 6.07) is 9.07. The van der Waals surface area contributed by atoms with Gasteiger partial charge in [0.05, 0.1) is 24.5 Å². The van der Waals surface area contributed by atoms with Crippen LogP contribution in [0.5, 0.6) is 17.2 Å². The van der Waals surface area contributed by atoms with Crippen molar-refractivity contribution in [3.63, 3.8) is 0 Å². The van der Waals surface area contributed by atoms with Gasteiger partial charge < -0.3 is 14.2 Å². The number of ether oxygens (including phenoxy) is 3. The van der Waals surface area contributed by atoms with Gasteiger partial charge in [0.25, 0.3) is 5.69 Å². The van der Waals surface area contributed by atoms with Crippen molar-refractivity contribution in [3.8, 4) is 17.2 Å². The number of methoxy groups -OCH3 is 1. The first-order valence-electron chi connectivity index (χ1n) is 6.96. The van der Waals surface area contributed by atoms with Gasteiger partial charge in [-0.2, -0.15) is 8.78 Å². The number of rotatable bonds is 7. The molecule has 0 amide bonds. The highest BCUT2D eigenvalue weighted by Crippen LogP contribution is 2.31. The molecule has 0 aromatic heterocycles. The molecular formula is C16H13F2NO6. The van der Waals surface area contributed by atoms with E-state index < -0.39 is 17.5 Å². The van der Waals surface area contributed by atoms with E-state index in [-0.39, 0.29) is 29.4 Å². The fraction of sp³-hybridized carbons (Fsp3) is 0.188. The van der Waals surface area contributed by atoms with Crippen molar-refractivity contribution < 1.29 is 32.7 Å². The van der Waals surface area contributed by atoms with Crippen LogP contribution in [-0.4, -0.2) is 24.6 Å². The van der Waals surface area contributed by atoms with E-state index in [9.17, 15) is 23.7 Å². The third-order valence-corrected chi connectivity index (χ3v) is 3.08. The van der Waals surface area contributed by atoms with E-state index in [1.54, 1.807) is 0 Å². The van der Waals surface area contributed by atoms with Crippen LogP contribution in [0.15, 0.2) is 42.5 Å². The van der Waals surface area contributed by atoms with E-state index in [1.165, 1.54) is 43.5 Å². The summed E-state index contributed by atoms with van der Waals surface area (Å²) >= 11 is 0. The summed E-state index contributed by atoms with van der Waals surface area (Å²) in [4.78, 5) is 22.2. The topological polar surface area (TPSA) is 87.9 Å². The number of nitro benzene ring substituents is 1. The number of halogens is 2. The molecule has 25 heavy (non-hydrogen) atoms. The molecule has 132 valence electrons. The van der Waals surface area contributed by atoms with E-state index in [0.717, 1.165) is 6.07 Å². The van der Waals surface area contributed by atoms with Crippen LogP contribution in [-0.2, 0) is 11.2 Å². The molecule has 0 saturated heterocycles. The van der Waals surface area contributed by atoms with Crippen LogP contribution in [0.25, 0.3) is 0 Å². The van der Waals surface area contributed by atoms with Crippen molar-refractivity contribution in [1.82, 2.24) is 0 Å². The lowest BCUT2D eigenvalue weighted by Gasteiger charge is -2.09. The molecule has 0 fully saturated rings. The molecule has 2 aromatic rings. The predicted molar refractivity (Wildman–Crippen MR) is 82.1 cm³/mol. The van der Waals surface area contributed by atoms with Crippen molar-refractivity contribution in [3.05, 3.63) is 58.1 Å². The number of esters is 1. The van der Waals surface area contributed by atoms with E-state index in [4.69, 9.17) is 9.47 Å². The summed E-state index contributed by atoms with van der Waals surface area (Å²) < 4.78 is 38.5. The van der Waals surface area contributed by atoms with Gasteiger partial charge in [-0.3, -0.25) is 14.9 Å². The lowest BCUT2D eigenvalue weighted by Crippen LogP contribution is -2.12. The Morgan fingerprint density at radius 1 is 1.16 bits per heavy atom. The van der Waals surface area contributed by atoms with Gasteiger partial charge in [0, 0.05) is 6.07 Å². The Bertz CT molecular complexity index is 764. The second kappa shape index (κ2) is 8.04. The highest BCUT2D eigenvalue weighted by molar-refractivity contribution is 5.76. The Labute approximate surface area is 140 Å². The van der Waals surface area contributed by atoms with Crippen LogP contribution in [0.4, 0.5) is 14.5 Å². The minimum absolute atomic E-state index is 0.0347.